The molecule has 226 valence electrons. The number of carbonyl (C=O) groups is 3. The number of hydrogen-bond donors (Lipinski definition) is 1. The molecule has 0 aliphatic heterocycles. The third-order valence-electron chi connectivity index (χ3n) is 7.54. The van der Waals surface area contributed by atoms with Crippen molar-refractivity contribution in [3.05, 3.63) is 112 Å². The van der Waals surface area contributed by atoms with Gasteiger partial charge in [-0.25, -0.2) is 4.98 Å². The lowest BCUT2D eigenvalue weighted by atomic mass is 9.81. The average Bonchev–Trinajstić information content (AvgIpc) is 3.27. The first-order valence-corrected chi connectivity index (χ1v) is 14.8. The maximum atomic E-state index is 14.1. The van der Waals surface area contributed by atoms with E-state index < -0.39 is 11.4 Å². The van der Waals surface area contributed by atoms with Crippen LogP contribution in [0.4, 0.5) is 0 Å². The smallest absolute Gasteiger partial charge is 0.309 e. The minimum Gasteiger partial charge on any atom is -0.487 e. The minimum atomic E-state index is -1.25. The quantitative estimate of drug-likeness (QED) is 0.160. The van der Waals surface area contributed by atoms with Crippen LogP contribution in [-0.4, -0.2) is 32.0 Å². The minimum absolute atomic E-state index is 0.0267. The van der Waals surface area contributed by atoms with Crippen molar-refractivity contribution in [1.29, 1.82) is 0 Å². The van der Waals surface area contributed by atoms with Gasteiger partial charge in [0.15, 0.2) is 5.78 Å². The van der Waals surface area contributed by atoms with Gasteiger partial charge in [0, 0.05) is 40.2 Å². The molecule has 5 rings (SSSR count). The summed E-state index contributed by atoms with van der Waals surface area (Å²) in [6.45, 7) is 9.29. The number of pyridine rings is 2. The third-order valence-corrected chi connectivity index (χ3v) is 7.79. The van der Waals surface area contributed by atoms with Crippen LogP contribution < -0.4 is 4.74 Å². The summed E-state index contributed by atoms with van der Waals surface area (Å²) < 4.78 is 7.83. The molecule has 3 aromatic heterocycles. The van der Waals surface area contributed by atoms with Crippen LogP contribution in [0.15, 0.2) is 79.0 Å². The Morgan fingerprint density at radius 3 is 2.32 bits per heavy atom. The highest BCUT2D eigenvalue weighted by molar-refractivity contribution is 6.30. The maximum Gasteiger partial charge on any atom is 0.309 e. The van der Waals surface area contributed by atoms with Gasteiger partial charge >= 0.3 is 5.97 Å². The lowest BCUT2D eigenvalue weighted by Gasteiger charge is -2.21. The lowest BCUT2D eigenvalue weighted by molar-refractivity contribution is -0.146. The number of para-hydroxylation sites is 1. The van der Waals surface area contributed by atoms with Gasteiger partial charge in [-0.1, -0.05) is 56.6 Å². The third kappa shape index (κ3) is 6.53. The molecule has 7 nitrogen and oxygen atoms in total. The number of nitrogens with zero attached hydrogens (tertiary/aromatic N) is 2. The number of benzene rings is 2. The predicted octanol–water partition coefficient (Wildman–Crippen LogP) is 8.22. The van der Waals surface area contributed by atoms with Crippen LogP contribution in [-0.2, 0) is 17.8 Å². The SMILES string of the molecule is CC(C)(C)CC(=O)c1c(CC(C)(C)C(=O)O)c(C(=O)c2ccc(Cl)cc2)n2ccc(OCc3ccc4ccccc4n3)cc12. The van der Waals surface area contributed by atoms with Crippen molar-refractivity contribution >= 4 is 45.6 Å². The van der Waals surface area contributed by atoms with E-state index in [2.05, 4.69) is 4.98 Å². The number of rotatable bonds is 10. The van der Waals surface area contributed by atoms with Gasteiger partial charge in [0.25, 0.3) is 0 Å². The molecule has 44 heavy (non-hydrogen) atoms. The molecule has 0 bridgehead atoms. The number of fused-ring (bicyclic) bond motifs is 2. The Kier molecular flexibility index (Phi) is 8.36. The molecule has 5 aromatic rings. The molecule has 0 fully saturated rings. The van der Waals surface area contributed by atoms with E-state index in [0.717, 1.165) is 16.6 Å². The van der Waals surface area contributed by atoms with Crippen LogP contribution in [0.2, 0.25) is 5.02 Å². The van der Waals surface area contributed by atoms with Gasteiger partial charge in [-0.15, -0.1) is 0 Å². The van der Waals surface area contributed by atoms with Crippen LogP contribution in [0.25, 0.3) is 16.4 Å². The predicted molar refractivity (Wildman–Crippen MR) is 172 cm³/mol. The van der Waals surface area contributed by atoms with E-state index in [1.807, 2.05) is 57.2 Å². The van der Waals surface area contributed by atoms with E-state index in [9.17, 15) is 19.5 Å². The largest absolute Gasteiger partial charge is 0.487 e. The molecule has 2 aromatic carbocycles. The van der Waals surface area contributed by atoms with Crippen LogP contribution in [0, 0.1) is 10.8 Å². The topological polar surface area (TPSA) is 98.0 Å². The standard InChI is InChI=1S/C36H35ClN2O5/c1-35(2,3)20-30(40)31-27(19-36(4,5)34(42)43)32(33(41)23-10-13-24(37)14-11-23)39-17-16-26(18-29(31)39)44-21-25-15-12-22-8-6-7-9-28(22)38-25/h6-18H,19-21H2,1-5H3,(H,42,43). The lowest BCUT2D eigenvalue weighted by Crippen LogP contribution is -2.28. The monoisotopic (exact) mass is 610 g/mol. The summed E-state index contributed by atoms with van der Waals surface area (Å²) in [6, 6.07) is 21.7. The number of halogens is 1. The molecule has 8 heteroatoms. The van der Waals surface area contributed by atoms with Gasteiger partial charge in [-0.2, -0.15) is 0 Å². The zero-order valence-electron chi connectivity index (χ0n) is 25.5. The number of Topliss-reactive ketones (excluding diaryl/α,β-unsaturated/α-hetero) is 1. The molecule has 1 N–H and O–H groups in total. The summed E-state index contributed by atoms with van der Waals surface area (Å²) in [5.74, 6) is -1.05. The first kappa shape index (κ1) is 31.0. The van der Waals surface area contributed by atoms with Crippen molar-refractivity contribution in [3.8, 4) is 5.75 Å². The Morgan fingerprint density at radius 1 is 0.932 bits per heavy atom. The number of ketones is 2. The van der Waals surface area contributed by atoms with E-state index in [-0.39, 0.29) is 42.1 Å². The fourth-order valence-electron chi connectivity index (χ4n) is 5.28. The summed E-state index contributed by atoms with van der Waals surface area (Å²) in [5, 5.41) is 11.6. The highest BCUT2D eigenvalue weighted by Gasteiger charge is 2.36. The van der Waals surface area contributed by atoms with Crippen molar-refractivity contribution < 1.29 is 24.2 Å². The van der Waals surface area contributed by atoms with E-state index in [0.29, 0.717) is 33.0 Å². The number of aliphatic carboxylic acids is 1. The first-order valence-electron chi connectivity index (χ1n) is 14.4. The summed E-state index contributed by atoms with van der Waals surface area (Å²) >= 11 is 6.09. The van der Waals surface area contributed by atoms with Crippen molar-refractivity contribution in [1.82, 2.24) is 9.38 Å². The summed E-state index contributed by atoms with van der Waals surface area (Å²) in [5.41, 5.74) is 1.85. The highest BCUT2D eigenvalue weighted by Crippen LogP contribution is 2.36. The van der Waals surface area contributed by atoms with Gasteiger partial charge in [-0.05, 0) is 73.7 Å². The Balaban J connectivity index is 1.66. The summed E-state index contributed by atoms with van der Waals surface area (Å²) in [7, 11) is 0. The molecule has 0 unspecified atom stereocenters. The Bertz CT molecular complexity index is 1900. The number of carboxylic acids is 1. The van der Waals surface area contributed by atoms with E-state index in [1.165, 1.54) is 0 Å². The highest BCUT2D eigenvalue weighted by atomic mass is 35.5. The maximum absolute atomic E-state index is 14.1. The Labute approximate surface area is 261 Å². The zero-order chi connectivity index (χ0) is 31.8. The zero-order valence-corrected chi connectivity index (χ0v) is 26.2. The second-order valence-electron chi connectivity index (χ2n) is 13.0. The summed E-state index contributed by atoms with van der Waals surface area (Å²) in [4.78, 5) is 45.1. The second-order valence-corrected chi connectivity index (χ2v) is 13.4. The number of carboxylic acid groups (broad SMARTS) is 1. The second kappa shape index (κ2) is 11.9. The van der Waals surface area contributed by atoms with Crippen molar-refractivity contribution in [2.75, 3.05) is 0 Å². The van der Waals surface area contributed by atoms with Gasteiger partial charge in [0.05, 0.1) is 27.8 Å². The molecule has 0 saturated heterocycles. The van der Waals surface area contributed by atoms with Gasteiger partial charge < -0.3 is 14.2 Å². The van der Waals surface area contributed by atoms with Crippen LogP contribution in [0.3, 0.4) is 0 Å². The van der Waals surface area contributed by atoms with Gasteiger partial charge in [0.1, 0.15) is 12.4 Å². The van der Waals surface area contributed by atoms with Gasteiger partial charge in [0.2, 0.25) is 5.78 Å². The number of ether oxygens (including phenoxy) is 1. The molecule has 0 radical (unpaired) electrons. The van der Waals surface area contributed by atoms with Crippen LogP contribution in [0.5, 0.6) is 5.75 Å². The molecule has 0 aliphatic rings. The molecule has 0 amide bonds. The van der Waals surface area contributed by atoms with Crippen LogP contribution in [0.1, 0.15) is 78.7 Å². The van der Waals surface area contributed by atoms with E-state index >= 15 is 0 Å². The van der Waals surface area contributed by atoms with Crippen molar-refractivity contribution in [2.24, 2.45) is 10.8 Å². The number of aromatic nitrogens is 2. The fourth-order valence-corrected chi connectivity index (χ4v) is 5.40. The molecular formula is C36H35ClN2O5. The molecule has 0 saturated carbocycles. The van der Waals surface area contributed by atoms with Crippen molar-refractivity contribution in [3.63, 3.8) is 0 Å². The van der Waals surface area contributed by atoms with Crippen molar-refractivity contribution in [2.45, 2.75) is 54.1 Å². The number of carbonyl (C=O) groups excluding carboxylic acids is 2. The fraction of sp³-hybridized carbons (Fsp3) is 0.278. The van der Waals surface area contributed by atoms with E-state index in [1.54, 1.807) is 60.8 Å². The molecule has 3 heterocycles. The summed E-state index contributed by atoms with van der Waals surface area (Å²) in [6.07, 6.45) is 1.88. The van der Waals surface area contributed by atoms with Gasteiger partial charge in [-0.3, -0.25) is 14.4 Å². The average molecular weight is 611 g/mol. The molecule has 0 spiro atoms. The Hall–Kier alpha value is -4.49. The normalized spacial score (nSPS) is 12.0. The molecule has 0 atom stereocenters. The van der Waals surface area contributed by atoms with Crippen LogP contribution >= 0.6 is 11.6 Å². The Morgan fingerprint density at radius 2 is 1.64 bits per heavy atom. The molecular weight excluding hydrogens is 576 g/mol. The molecule has 0 aliphatic carbocycles. The van der Waals surface area contributed by atoms with E-state index in [4.69, 9.17) is 16.3 Å². The number of hydrogen-bond acceptors (Lipinski definition) is 5. The first-order chi connectivity index (χ1) is 20.7.